The largest absolute Gasteiger partial charge is 0.481 e. The van der Waals surface area contributed by atoms with Crippen molar-refractivity contribution < 1.29 is 29.0 Å². The normalized spacial score (nSPS) is 10.7. The summed E-state index contributed by atoms with van der Waals surface area (Å²) in [6, 6.07) is 32.4. The molecule has 1 amide bonds. The second-order valence-electron chi connectivity index (χ2n) is 12.9. The standard InChI is InChI=1S/C26H23N3O4.C17H14N2O4/c1-17-7-6-10-20(13-17)25(31)27-14-21(30)23-24(33-16-19-8-4-3-5-9-19)26(32)29-15-18(2)11-12-22(29)28-23;1-11-7-8-13-18-14(17(21)22)15(16(20)19(13)9-11)23-10-12-5-3-2-4-6-12/h3-13,15H,14,16H2,1-2H3,(H,27,31);2-9H,10H2,1H3,(H,21,22). The van der Waals surface area contributed by atoms with Gasteiger partial charge in [-0.1, -0.05) is 90.5 Å². The van der Waals surface area contributed by atoms with E-state index in [4.69, 9.17) is 9.47 Å². The van der Waals surface area contributed by atoms with Crippen molar-refractivity contribution in [1.82, 2.24) is 24.1 Å². The van der Waals surface area contributed by atoms with Gasteiger partial charge in [0.2, 0.25) is 17.3 Å². The molecule has 0 unspecified atom stereocenters. The Morgan fingerprint density at radius 3 is 1.62 bits per heavy atom. The van der Waals surface area contributed by atoms with E-state index in [1.165, 1.54) is 8.80 Å². The molecule has 13 nitrogen and oxygen atoms in total. The van der Waals surface area contributed by atoms with Gasteiger partial charge in [0.05, 0.1) is 6.54 Å². The quantitative estimate of drug-likeness (QED) is 0.154. The second kappa shape index (κ2) is 17.2. The molecule has 0 spiro atoms. The summed E-state index contributed by atoms with van der Waals surface area (Å²) < 4.78 is 13.9. The van der Waals surface area contributed by atoms with E-state index in [0.29, 0.717) is 11.2 Å². The number of hydrogen-bond acceptors (Lipinski definition) is 9. The van der Waals surface area contributed by atoms with Gasteiger partial charge in [-0.05, 0) is 67.3 Å². The van der Waals surface area contributed by atoms with E-state index >= 15 is 0 Å². The molecule has 0 atom stereocenters. The van der Waals surface area contributed by atoms with Gasteiger partial charge < -0.3 is 19.9 Å². The maximum absolute atomic E-state index is 13.2. The third-order valence-corrected chi connectivity index (χ3v) is 8.47. The molecule has 0 saturated heterocycles. The Morgan fingerprint density at radius 2 is 1.12 bits per heavy atom. The number of ketones is 1. The van der Waals surface area contributed by atoms with Crippen molar-refractivity contribution in [3.63, 3.8) is 0 Å². The van der Waals surface area contributed by atoms with Crippen LogP contribution in [0.3, 0.4) is 0 Å². The van der Waals surface area contributed by atoms with E-state index in [9.17, 15) is 29.1 Å². The van der Waals surface area contributed by atoms with Crippen LogP contribution in [0.15, 0.2) is 131 Å². The smallest absolute Gasteiger partial charge is 0.358 e. The average molecular weight is 752 g/mol. The topological polar surface area (TPSA) is 171 Å². The van der Waals surface area contributed by atoms with Crippen LogP contribution in [0.4, 0.5) is 0 Å². The summed E-state index contributed by atoms with van der Waals surface area (Å²) >= 11 is 0. The summed E-state index contributed by atoms with van der Waals surface area (Å²) in [6.45, 7) is 5.45. The number of fused-ring (bicyclic) bond motifs is 2. The van der Waals surface area contributed by atoms with Crippen LogP contribution in [0, 0.1) is 20.8 Å². The van der Waals surface area contributed by atoms with Gasteiger partial charge in [0.1, 0.15) is 24.5 Å². The Labute approximate surface area is 320 Å². The Balaban J connectivity index is 0.000000202. The summed E-state index contributed by atoms with van der Waals surface area (Å²) in [5, 5.41) is 11.9. The number of carboxylic acid groups (broad SMARTS) is 1. The fourth-order valence-corrected chi connectivity index (χ4v) is 5.64. The number of pyridine rings is 2. The Morgan fingerprint density at radius 1 is 0.625 bits per heavy atom. The average Bonchev–Trinajstić information content (AvgIpc) is 3.20. The van der Waals surface area contributed by atoms with E-state index in [1.807, 2.05) is 87.5 Å². The van der Waals surface area contributed by atoms with Crippen molar-refractivity contribution in [2.45, 2.75) is 34.0 Å². The predicted molar refractivity (Wildman–Crippen MR) is 209 cm³/mol. The van der Waals surface area contributed by atoms with Crippen LogP contribution >= 0.6 is 0 Å². The SMILES string of the molecule is Cc1ccc2nc(C(=O)O)c(OCc3ccccc3)c(=O)n2c1.Cc1cccc(C(=O)NCC(=O)c2nc3ccc(C)cn3c(=O)c2OCc2ccccc2)c1. The van der Waals surface area contributed by atoms with E-state index in [0.717, 1.165) is 27.8 Å². The number of ether oxygens (including phenoxy) is 2. The number of rotatable bonds is 11. The highest BCUT2D eigenvalue weighted by Crippen LogP contribution is 2.18. The molecule has 0 radical (unpaired) electrons. The molecule has 7 aromatic rings. The van der Waals surface area contributed by atoms with Gasteiger partial charge in [-0.2, -0.15) is 0 Å². The molecule has 0 fully saturated rings. The number of nitrogens with zero attached hydrogens (tertiary/aromatic N) is 4. The number of nitrogens with one attached hydrogen (secondary N) is 1. The maximum Gasteiger partial charge on any atom is 0.358 e. The first kappa shape index (κ1) is 38.3. The zero-order valence-electron chi connectivity index (χ0n) is 30.8. The summed E-state index contributed by atoms with van der Waals surface area (Å²) in [5.74, 6) is -2.60. The Kier molecular flexibility index (Phi) is 11.7. The van der Waals surface area contributed by atoms with Crippen molar-refractivity contribution in [1.29, 1.82) is 0 Å². The minimum absolute atomic E-state index is 0.0932. The molecule has 3 aromatic carbocycles. The fraction of sp³-hybridized carbons (Fsp3) is 0.140. The highest BCUT2D eigenvalue weighted by molar-refractivity contribution is 6.02. The van der Waals surface area contributed by atoms with E-state index in [2.05, 4.69) is 15.3 Å². The monoisotopic (exact) mass is 751 g/mol. The molecule has 0 saturated carbocycles. The van der Waals surface area contributed by atoms with Crippen LogP contribution in [0.5, 0.6) is 11.5 Å². The third kappa shape index (κ3) is 9.02. The Bertz CT molecular complexity index is 2690. The van der Waals surface area contributed by atoms with Crippen molar-refractivity contribution in [2.24, 2.45) is 0 Å². The molecule has 4 heterocycles. The van der Waals surface area contributed by atoms with E-state index in [1.54, 1.807) is 54.9 Å². The lowest BCUT2D eigenvalue weighted by molar-refractivity contribution is 0.0684. The van der Waals surface area contributed by atoms with Gasteiger partial charge in [-0.15, -0.1) is 0 Å². The van der Waals surface area contributed by atoms with Crippen LogP contribution in [0.2, 0.25) is 0 Å². The highest BCUT2D eigenvalue weighted by Gasteiger charge is 2.23. The number of Topliss-reactive ketones (excluding diaryl/α,β-unsaturated/α-hetero) is 1. The summed E-state index contributed by atoms with van der Waals surface area (Å²) in [6.07, 6.45) is 3.25. The van der Waals surface area contributed by atoms with E-state index < -0.39 is 22.9 Å². The summed E-state index contributed by atoms with van der Waals surface area (Å²) in [4.78, 5) is 71.1. The van der Waals surface area contributed by atoms with E-state index in [-0.39, 0.29) is 54.2 Å². The summed E-state index contributed by atoms with van der Waals surface area (Å²) in [7, 11) is 0. The van der Waals surface area contributed by atoms with Crippen LogP contribution in [0.1, 0.15) is 59.2 Å². The van der Waals surface area contributed by atoms with Crippen LogP contribution in [-0.2, 0) is 13.2 Å². The number of carbonyl (C=O) groups excluding carboxylic acids is 2. The number of aryl methyl sites for hydroxylation is 3. The molecule has 0 aliphatic heterocycles. The van der Waals surface area contributed by atoms with Crippen molar-refractivity contribution in [3.05, 3.63) is 187 Å². The van der Waals surface area contributed by atoms with Crippen molar-refractivity contribution in [2.75, 3.05) is 6.54 Å². The van der Waals surface area contributed by atoms with Gasteiger partial charge in [0.25, 0.3) is 5.91 Å². The molecule has 2 N–H and O–H groups in total. The van der Waals surface area contributed by atoms with Crippen LogP contribution < -0.4 is 25.9 Å². The number of carboxylic acids is 1. The minimum Gasteiger partial charge on any atom is -0.481 e. The minimum atomic E-state index is -1.30. The van der Waals surface area contributed by atoms with Gasteiger partial charge in [0, 0.05) is 18.0 Å². The Hall–Kier alpha value is -7.41. The number of aromatic carboxylic acids is 1. The zero-order chi connectivity index (χ0) is 39.8. The molecule has 0 aliphatic carbocycles. The van der Waals surface area contributed by atoms with Gasteiger partial charge in [-0.3, -0.25) is 28.0 Å². The van der Waals surface area contributed by atoms with Crippen LogP contribution in [-0.4, -0.2) is 48.1 Å². The predicted octanol–water partition coefficient (Wildman–Crippen LogP) is 5.78. The maximum atomic E-state index is 13.2. The molecular weight excluding hydrogens is 714 g/mol. The molecule has 0 bridgehead atoms. The lowest BCUT2D eigenvalue weighted by Gasteiger charge is -2.12. The third-order valence-electron chi connectivity index (χ3n) is 8.47. The molecular formula is C43H37N5O8. The van der Waals surface area contributed by atoms with Crippen molar-refractivity contribution in [3.8, 4) is 11.5 Å². The number of carbonyl (C=O) groups is 3. The fourth-order valence-electron chi connectivity index (χ4n) is 5.64. The first-order valence-electron chi connectivity index (χ1n) is 17.5. The number of hydrogen-bond donors (Lipinski definition) is 2. The molecule has 4 aromatic heterocycles. The second-order valence-corrected chi connectivity index (χ2v) is 12.9. The number of benzene rings is 3. The zero-order valence-corrected chi connectivity index (χ0v) is 30.8. The first-order chi connectivity index (χ1) is 27.0. The summed E-state index contributed by atoms with van der Waals surface area (Å²) in [5.41, 5.74) is 3.88. The molecule has 0 aliphatic rings. The van der Waals surface area contributed by atoms with Crippen molar-refractivity contribution >= 4 is 29.0 Å². The molecule has 282 valence electrons. The molecule has 56 heavy (non-hydrogen) atoms. The molecule has 7 rings (SSSR count). The number of aromatic nitrogens is 4. The van der Waals surface area contributed by atoms with Gasteiger partial charge >= 0.3 is 17.1 Å². The van der Waals surface area contributed by atoms with Crippen LogP contribution in [0.25, 0.3) is 11.3 Å². The van der Waals surface area contributed by atoms with Gasteiger partial charge in [-0.25, -0.2) is 14.8 Å². The van der Waals surface area contributed by atoms with Gasteiger partial charge in [0.15, 0.2) is 11.4 Å². The lowest BCUT2D eigenvalue weighted by Crippen LogP contribution is -2.32. The molecule has 13 heteroatoms. The number of amides is 1. The lowest BCUT2D eigenvalue weighted by atomic mass is 10.1. The first-order valence-corrected chi connectivity index (χ1v) is 17.5. The highest BCUT2D eigenvalue weighted by atomic mass is 16.5.